The van der Waals surface area contributed by atoms with E-state index in [-0.39, 0.29) is 5.91 Å². The van der Waals surface area contributed by atoms with E-state index in [1.807, 2.05) is 0 Å². The van der Waals surface area contributed by atoms with Gasteiger partial charge in [-0.1, -0.05) is 0 Å². The summed E-state index contributed by atoms with van der Waals surface area (Å²) in [6.07, 6.45) is 0. The first-order valence-corrected chi connectivity index (χ1v) is 3.77. The van der Waals surface area contributed by atoms with Crippen molar-refractivity contribution in [2.24, 2.45) is 11.8 Å². The van der Waals surface area contributed by atoms with Crippen molar-refractivity contribution in [1.29, 1.82) is 0 Å². The summed E-state index contributed by atoms with van der Waals surface area (Å²) in [6, 6.07) is 0.499. The Morgan fingerprint density at radius 3 is 2.60 bits per heavy atom. The maximum absolute atomic E-state index is 10.6. The van der Waals surface area contributed by atoms with Gasteiger partial charge in [-0.25, -0.2) is 0 Å². The number of rotatable bonds is 1. The molecule has 0 unspecified atom stereocenters. The standard InChI is InChI=1S/C7H12N2O/c1-4(10)9-7-5-2-8-3-6(5)7/h5-8H,2-3H2,1H3,(H,9,10)/t5-,6-/m1/s1. The van der Waals surface area contributed by atoms with Crippen LogP contribution in [0.25, 0.3) is 0 Å². The van der Waals surface area contributed by atoms with Crippen molar-refractivity contribution in [3.63, 3.8) is 0 Å². The Morgan fingerprint density at radius 1 is 1.50 bits per heavy atom. The van der Waals surface area contributed by atoms with Crippen LogP contribution in [0.2, 0.25) is 0 Å². The lowest BCUT2D eigenvalue weighted by atomic mass is 10.4. The van der Waals surface area contributed by atoms with Crippen molar-refractivity contribution in [2.45, 2.75) is 13.0 Å². The normalized spacial score (nSPS) is 42.7. The molecule has 1 heterocycles. The van der Waals surface area contributed by atoms with Crippen LogP contribution in [0.4, 0.5) is 0 Å². The Bertz CT molecular complexity index is 159. The minimum atomic E-state index is 0.111. The number of amides is 1. The van der Waals surface area contributed by atoms with E-state index in [1.165, 1.54) is 0 Å². The van der Waals surface area contributed by atoms with Gasteiger partial charge >= 0.3 is 0 Å². The second-order valence-corrected chi connectivity index (χ2v) is 3.21. The molecule has 1 saturated carbocycles. The highest BCUT2D eigenvalue weighted by Gasteiger charge is 2.53. The van der Waals surface area contributed by atoms with Crippen molar-refractivity contribution < 1.29 is 4.79 Å². The van der Waals surface area contributed by atoms with Gasteiger partial charge in [-0.2, -0.15) is 0 Å². The first kappa shape index (κ1) is 6.16. The third-order valence-electron chi connectivity index (χ3n) is 2.46. The summed E-state index contributed by atoms with van der Waals surface area (Å²) in [5.41, 5.74) is 0. The number of fused-ring (bicyclic) bond motifs is 1. The smallest absolute Gasteiger partial charge is 0.217 e. The molecule has 0 aromatic rings. The lowest BCUT2D eigenvalue weighted by Gasteiger charge is -2.03. The van der Waals surface area contributed by atoms with Gasteiger partial charge in [0.05, 0.1) is 0 Å². The molecule has 56 valence electrons. The predicted molar refractivity (Wildman–Crippen MR) is 37.5 cm³/mol. The molecule has 0 spiro atoms. The van der Waals surface area contributed by atoms with Crippen LogP contribution in [0.3, 0.4) is 0 Å². The van der Waals surface area contributed by atoms with E-state index < -0.39 is 0 Å². The third kappa shape index (κ3) is 0.814. The van der Waals surface area contributed by atoms with Crippen LogP contribution < -0.4 is 10.6 Å². The Labute approximate surface area is 60.2 Å². The minimum absolute atomic E-state index is 0.111. The fourth-order valence-electron chi connectivity index (χ4n) is 1.87. The predicted octanol–water partition coefficient (Wildman–Crippen LogP) is -0.660. The van der Waals surface area contributed by atoms with Gasteiger partial charge in [0.1, 0.15) is 0 Å². The molecule has 1 saturated heterocycles. The molecule has 2 aliphatic rings. The molecule has 0 aromatic heterocycles. The summed E-state index contributed by atoms with van der Waals surface area (Å²) < 4.78 is 0. The number of carbonyl (C=O) groups is 1. The summed E-state index contributed by atoms with van der Waals surface area (Å²) in [5, 5.41) is 6.21. The van der Waals surface area contributed by atoms with Crippen LogP contribution in [0.5, 0.6) is 0 Å². The van der Waals surface area contributed by atoms with Crippen molar-refractivity contribution >= 4 is 5.91 Å². The zero-order valence-corrected chi connectivity index (χ0v) is 6.05. The molecule has 2 rings (SSSR count). The van der Waals surface area contributed by atoms with E-state index in [0.717, 1.165) is 24.9 Å². The molecule has 3 heteroatoms. The highest BCUT2D eigenvalue weighted by Crippen LogP contribution is 2.41. The summed E-state index contributed by atoms with van der Waals surface area (Å²) in [6.45, 7) is 3.77. The fourth-order valence-corrected chi connectivity index (χ4v) is 1.87. The molecular weight excluding hydrogens is 128 g/mol. The Kier molecular flexibility index (Phi) is 1.20. The van der Waals surface area contributed by atoms with E-state index in [0.29, 0.717) is 6.04 Å². The maximum atomic E-state index is 10.6. The van der Waals surface area contributed by atoms with Gasteiger partial charge in [0, 0.05) is 26.1 Å². The quantitative estimate of drug-likeness (QED) is 0.507. The third-order valence-corrected chi connectivity index (χ3v) is 2.46. The van der Waals surface area contributed by atoms with E-state index in [1.54, 1.807) is 6.92 Å². The van der Waals surface area contributed by atoms with Crippen LogP contribution in [-0.2, 0) is 4.79 Å². The van der Waals surface area contributed by atoms with E-state index in [2.05, 4.69) is 10.6 Å². The van der Waals surface area contributed by atoms with Crippen LogP contribution >= 0.6 is 0 Å². The molecule has 1 aliphatic carbocycles. The molecule has 2 fully saturated rings. The van der Waals surface area contributed by atoms with Crippen molar-refractivity contribution in [1.82, 2.24) is 10.6 Å². The van der Waals surface area contributed by atoms with Crippen molar-refractivity contribution in [3.8, 4) is 0 Å². The fraction of sp³-hybridized carbons (Fsp3) is 0.857. The zero-order valence-electron chi connectivity index (χ0n) is 6.05. The highest BCUT2D eigenvalue weighted by atomic mass is 16.1. The van der Waals surface area contributed by atoms with Gasteiger partial charge in [-0.05, 0) is 11.8 Å². The monoisotopic (exact) mass is 140 g/mol. The Morgan fingerprint density at radius 2 is 2.10 bits per heavy atom. The molecule has 3 nitrogen and oxygen atoms in total. The van der Waals surface area contributed by atoms with Crippen LogP contribution in [0, 0.1) is 11.8 Å². The number of piperidine rings is 1. The molecule has 0 radical (unpaired) electrons. The zero-order chi connectivity index (χ0) is 7.14. The van der Waals surface area contributed by atoms with E-state index in [9.17, 15) is 4.79 Å². The van der Waals surface area contributed by atoms with Crippen LogP contribution in [-0.4, -0.2) is 25.0 Å². The first-order chi connectivity index (χ1) is 4.79. The van der Waals surface area contributed by atoms with Gasteiger partial charge in [-0.15, -0.1) is 0 Å². The number of nitrogens with one attached hydrogen (secondary N) is 2. The average Bonchev–Trinajstić information content (AvgIpc) is 2.40. The molecule has 2 atom stereocenters. The highest BCUT2D eigenvalue weighted by molar-refractivity contribution is 5.73. The second-order valence-electron chi connectivity index (χ2n) is 3.21. The van der Waals surface area contributed by atoms with E-state index in [4.69, 9.17) is 0 Å². The minimum Gasteiger partial charge on any atom is -0.353 e. The van der Waals surface area contributed by atoms with Gasteiger partial charge in [0.15, 0.2) is 0 Å². The number of carbonyl (C=O) groups excluding carboxylic acids is 1. The number of hydrogen-bond donors (Lipinski definition) is 2. The Hall–Kier alpha value is -0.570. The molecule has 10 heavy (non-hydrogen) atoms. The van der Waals surface area contributed by atoms with Gasteiger partial charge in [0.25, 0.3) is 0 Å². The molecule has 0 aromatic carbocycles. The molecule has 2 N–H and O–H groups in total. The molecular formula is C7H12N2O. The van der Waals surface area contributed by atoms with Gasteiger partial charge in [-0.3, -0.25) is 4.79 Å². The maximum Gasteiger partial charge on any atom is 0.217 e. The summed E-state index contributed by atoms with van der Waals surface area (Å²) >= 11 is 0. The summed E-state index contributed by atoms with van der Waals surface area (Å²) in [5.74, 6) is 1.59. The Balaban J connectivity index is 1.84. The van der Waals surface area contributed by atoms with Crippen LogP contribution in [0.1, 0.15) is 6.92 Å². The van der Waals surface area contributed by atoms with Crippen LogP contribution in [0.15, 0.2) is 0 Å². The summed E-state index contributed by atoms with van der Waals surface area (Å²) in [4.78, 5) is 10.6. The average molecular weight is 140 g/mol. The first-order valence-electron chi connectivity index (χ1n) is 3.77. The SMILES string of the molecule is CC(=O)NC1[C@@H]2CNC[C@@H]12. The lowest BCUT2D eigenvalue weighted by Crippen LogP contribution is -2.30. The van der Waals surface area contributed by atoms with Crippen molar-refractivity contribution in [2.75, 3.05) is 13.1 Å². The van der Waals surface area contributed by atoms with Gasteiger partial charge < -0.3 is 10.6 Å². The lowest BCUT2D eigenvalue weighted by molar-refractivity contribution is -0.119. The summed E-state index contributed by atoms with van der Waals surface area (Å²) in [7, 11) is 0. The molecule has 1 aliphatic heterocycles. The topological polar surface area (TPSA) is 41.1 Å². The van der Waals surface area contributed by atoms with E-state index >= 15 is 0 Å². The number of hydrogen-bond acceptors (Lipinski definition) is 2. The van der Waals surface area contributed by atoms with Gasteiger partial charge in [0.2, 0.25) is 5.91 Å². The molecule has 1 amide bonds. The largest absolute Gasteiger partial charge is 0.353 e. The second kappa shape index (κ2) is 1.95. The molecule has 0 bridgehead atoms. The van der Waals surface area contributed by atoms with Crippen molar-refractivity contribution in [3.05, 3.63) is 0 Å².